The molecule has 1 amide bonds. The van der Waals surface area contributed by atoms with E-state index in [1.54, 1.807) is 44.3 Å². The Hall–Kier alpha value is -3.61. The molecule has 3 aromatic rings. The lowest BCUT2D eigenvalue weighted by atomic mass is 10.1. The molecule has 0 radical (unpaired) electrons. The first-order valence-electron chi connectivity index (χ1n) is 9.24. The second-order valence-electron chi connectivity index (χ2n) is 6.78. The number of hydrogen-bond acceptors (Lipinski definition) is 5. The van der Waals surface area contributed by atoms with E-state index < -0.39 is 24.5 Å². The molecule has 0 atom stereocenters. The minimum Gasteiger partial charge on any atom is -0.459 e. The van der Waals surface area contributed by atoms with Gasteiger partial charge in [-0.25, -0.2) is 4.79 Å². The maximum Gasteiger partial charge on any atom is 0.338 e. The third-order valence-electron chi connectivity index (χ3n) is 4.12. The standard InChI is InChI=1S/C22H22N2O5/c1-14(2)29-22(27)15-7-9-17(10-8-15)24-20(25)13-28-21(26)11-16-12-23-19-6-4-3-5-18(16)19/h3-10,12,14,23H,11,13H2,1-2H3,(H,24,25). The van der Waals surface area contributed by atoms with Crippen LogP contribution in [-0.2, 0) is 25.5 Å². The van der Waals surface area contributed by atoms with Crippen molar-refractivity contribution < 1.29 is 23.9 Å². The van der Waals surface area contributed by atoms with E-state index in [0.717, 1.165) is 16.5 Å². The molecule has 0 aliphatic rings. The summed E-state index contributed by atoms with van der Waals surface area (Å²) in [6.45, 7) is 3.15. The number of carbonyl (C=O) groups excluding carboxylic acids is 3. The van der Waals surface area contributed by atoms with Crippen LogP contribution in [0.2, 0.25) is 0 Å². The van der Waals surface area contributed by atoms with Gasteiger partial charge in [-0.2, -0.15) is 0 Å². The van der Waals surface area contributed by atoms with Crippen molar-refractivity contribution in [3.05, 3.63) is 65.9 Å². The monoisotopic (exact) mass is 394 g/mol. The molecule has 0 bridgehead atoms. The van der Waals surface area contributed by atoms with Crippen LogP contribution in [0.3, 0.4) is 0 Å². The summed E-state index contributed by atoms with van der Waals surface area (Å²) in [5.41, 5.74) is 2.63. The molecule has 7 heteroatoms. The van der Waals surface area contributed by atoms with Crippen LogP contribution < -0.4 is 5.32 Å². The molecule has 0 unspecified atom stereocenters. The van der Waals surface area contributed by atoms with E-state index in [2.05, 4.69) is 10.3 Å². The van der Waals surface area contributed by atoms with Gasteiger partial charge in [0.25, 0.3) is 5.91 Å². The van der Waals surface area contributed by atoms with Crippen LogP contribution in [0.15, 0.2) is 54.7 Å². The number of aromatic amines is 1. The Morgan fingerprint density at radius 2 is 1.76 bits per heavy atom. The molecule has 7 nitrogen and oxygen atoms in total. The number of hydrogen-bond donors (Lipinski definition) is 2. The molecule has 2 aromatic carbocycles. The third kappa shape index (κ3) is 5.44. The van der Waals surface area contributed by atoms with Crippen molar-refractivity contribution in [3.8, 4) is 0 Å². The summed E-state index contributed by atoms with van der Waals surface area (Å²) in [7, 11) is 0. The Kier molecular flexibility index (Phi) is 6.29. The van der Waals surface area contributed by atoms with E-state index in [4.69, 9.17) is 9.47 Å². The van der Waals surface area contributed by atoms with E-state index in [9.17, 15) is 14.4 Å². The lowest BCUT2D eigenvalue weighted by Crippen LogP contribution is -2.21. The van der Waals surface area contributed by atoms with Crippen molar-refractivity contribution in [2.75, 3.05) is 11.9 Å². The smallest absolute Gasteiger partial charge is 0.338 e. The van der Waals surface area contributed by atoms with Crippen LogP contribution >= 0.6 is 0 Å². The first-order valence-corrected chi connectivity index (χ1v) is 9.24. The number of para-hydroxylation sites is 1. The topological polar surface area (TPSA) is 97.5 Å². The summed E-state index contributed by atoms with van der Waals surface area (Å²) in [6.07, 6.45) is 1.63. The second-order valence-corrected chi connectivity index (χ2v) is 6.78. The van der Waals surface area contributed by atoms with Gasteiger partial charge in [0.2, 0.25) is 0 Å². The predicted octanol–water partition coefficient (Wildman–Crippen LogP) is 3.46. The van der Waals surface area contributed by atoms with Crippen molar-refractivity contribution in [3.63, 3.8) is 0 Å². The highest BCUT2D eigenvalue weighted by atomic mass is 16.5. The Bertz CT molecular complexity index is 1020. The van der Waals surface area contributed by atoms with Gasteiger partial charge in [0, 0.05) is 22.8 Å². The largest absolute Gasteiger partial charge is 0.459 e. The number of nitrogens with one attached hydrogen (secondary N) is 2. The summed E-state index contributed by atoms with van der Waals surface area (Å²) in [5.74, 6) is -1.38. The lowest BCUT2D eigenvalue weighted by molar-refractivity contribution is -0.146. The first-order chi connectivity index (χ1) is 13.9. The number of aromatic nitrogens is 1. The Morgan fingerprint density at radius 3 is 2.48 bits per heavy atom. The van der Waals surface area contributed by atoms with Gasteiger partial charge in [-0.05, 0) is 49.7 Å². The van der Waals surface area contributed by atoms with E-state index in [-0.39, 0.29) is 12.5 Å². The zero-order valence-electron chi connectivity index (χ0n) is 16.2. The van der Waals surface area contributed by atoms with Gasteiger partial charge in [-0.15, -0.1) is 0 Å². The molecule has 0 saturated heterocycles. The van der Waals surface area contributed by atoms with E-state index in [0.29, 0.717) is 11.3 Å². The highest BCUT2D eigenvalue weighted by Crippen LogP contribution is 2.18. The number of carbonyl (C=O) groups is 3. The molecule has 0 spiro atoms. The number of amides is 1. The van der Waals surface area contributed by atoms with Crippen molar-refractivity contribution >= 4 is 34.4 Å². The van der Waals surface area contributed by atoms with E-state index >= 15 is 0 Å². The van der Waals surface area contributed by atoms with Gasteiger partial charge < -0.3 is 19.8 Å². The first kappa shape index (κ1) is 20.1. The Balaban J connectivity index is 1.48. The van der Waals surface area contributed by atoms with Gasteiger partial charge in [-0.1, -0.05) is 18.2 Å². The molecule has 0 saturated carbocycles. The van der Waals surface area contributed by atoms with Crippen LogP contribution in [0.1, 0.15) is 29.8 Å². The molecule has 150 valence electrons. The summed E-state index contributed by atoms with van der Waals surface area (Å²) >= 11 is 0. The van der Waals surface area contributed by atoms with Crippen molar-refractivity contribution in [2.24, 2.45) is 0 Å². The summed E-state index contributed by atoms with van der Waals surface area (Å²) in [4.78, 5) is 39.0. The second kappa shape index (κ2) is 9.05. The van der Waals surface area contributed by atoms with Gasteiger partial charge in [-0.3, -0.25) is 9.59 Å². The zero-order valence-corrected chi connectivity index (χ0v) is 16.2. The summed E-state index contributed by atoms with van der Waals surface area (Å²) in [5, 5.41) is 3.57. The molecule has 1 heterocycles. The van der Waals surface area contributed by atoms with Crippen LogP contribution in [-0.4, -0.2) is 35.5 Å². The zero-order chi connectivity index (χ0) is 20.8. The average molecular weight is 394 g/mol. The number of esters is 2. The predicted molar refractivity (Wildman–Crippen MR) is 109 cm³/mol. The fourth-order valence-electron chi connectivity index (χ4n) is 2.80. The number of benzene rings is 2. The van der Waals surface area contributed by atoms with E-state index in [1.807, 2.05) is 24.3 Å². The van der Waals surface area contributed by atoms with Crippen molar-refractivity contribution in [2.45, 2.75) is 26.4 Å². The molecule has 1 aromatic heterocycles. The Labute approximate surface area is 168 Å². The van der Waals surface area contributed by atoms with Gasteiger partial charge in [0.05, 0.1) is 18.1 Å². The summed E-state index contributed by atoms with van der Waals surface area (Å²) < 4.78 is 10.2. The molecule has 0 aliphatic carbocycles. The van der Waals surface area contributed by atoms with Crippen molar-refractivity contribution in [1.29, 1.82) is 0 Å². The maximum atomic E-state index is 12.1. The highest BCUT2D eigenvalue weighted by Gasteiger charge is 2.13. The number of anilines is 1. The van der Waals surface area contributed by atoms with Gasteiger partial charge in [0.15, 0.2) is 6.61 Å². The molecule has 0 fully saturated rings. The van der Waals surface area contributed by atoms with Crippen LogP contribution in [0, 0.1) is 0 Å². The summed E-state index contributed by atoms with van der Waals surface area (Å²) in [6, 6.07) is 13.9. The van der Waals surface area contributed by atoms with Crippen LogP contribution in [0.25, 0.3) is 10.9 Å². The fourth-order valence-corrected chi connectivity index (χ4v) is 2.80. The average Bonchev–Trinajstić information content (AvgIpc) is 3.09. The maximum absolute atomic E-state index is 12.1. The fraction of sp³-hybridized carbons (Fsp3) is 0.227. The molecule has 3 rings (SSSR count). The number of rotatable bonds is 7. The molecule has 0 aliphatic heterocycles. The number of ether oxygens (including phenoxy) is 2. The molecular weight excluding hydrogens is 372 g/mol. The quantitative estimate of drug-likeness (QED) is 0.598. The van der Waals surface area contributed by atoms with Gasteiger partial charge >= 0.3 is 11.9 Å². The highest BCUT2D eigenvalue weighted by molar-refractivity contribution is 5.94. The third-order valence-corrected chi connectivity index (χ3v) is 4.12. The van der Waals surface area contributed by atoms with Crippen molar-refractivity contribution in [1.82, 2.24) is 4.98 Å². The minimum absolute atomic E-state index is 0.0734. The van der Waals surface area contributed by atoms with Crippen LogP contribution in [0.5, 0.6) is 0 Å². The minimum atomic E-state index is -0.489. The normalized spacial score (nSPS) is 10.7. The molecule has 29 heavy (non-hydrogen) atoms. The SMILES string of the molecule is CC(C)OC(=O)c1ccc(NC(=O)COC(=O)Cc2c[nH]c3ccccc23)cc1. The van der Waals surface area contributed by atoms with E-state index in [1.165, 1.54) is 0 Å². The lowest BCUT2D eigenvalue weighted by Gasteiger charge is -2.09. The van der Waals surface area contributed by atoms with Gasteiger partial charge in [0.1, 0.15) is 0 Å². The Morgan fingerprint density at radius 1 is 1.03 bits per heavy atom. The molecular formula is C22H22N2O5. The molecule has 2 N–H and O–H groups in total. The number of H-pyrrole nitrogens is 1. The number of fused-ring (bicyclic) bond motifs is 1. The van der Waals surface area contributed by atoms with Crippen LogP contribution in [0.4, 0.5) is 5.69 Å².